The van der Waals surface area contributed by atoms with Gasteiger partial charge in [0.1, 0.15) is 0 Å². The minimum absolute atomic E-state index is 0.258. The zero-order chi connectivity index (χ0) is 14.7. The standard InChI is InChI=1S/C16H23NO4/c1-11(12-4-6-19-7-5-12)17-9-14(18)13-2-3-15-16(8-13)21-10-20-15/h2-3,8,11-12,14,17-18H,4-7,9-10H2,1H3. The van der Waals surface area contributed by atoms with Crippen molar-refractivity contribution < 1.29 is 19.3 Å². The summed E-state index contributed by atoms with van der Waals surface area (Å²) in [5.41, 5.74) is 0.853. The van der Waals surface area contributed by atoms with Crippen LogP contribution >= 0.6 is 0 Å². The number of rotatable bonds is 5. The van der Waals surface area contributed by atoms with E-state index in [2.05, 4.69) is 12.2 Å². The zero-order valence-electron chi connectivity index (χ0n) is 12.4. The lowest BCUT2D eigenvalue weighted by Crippen LogP contribution is -2.38. The molecule has 0 amide bonds. The fourth-order valence-electron chi connectivity index (χ4n) is 2.92. The second-order valence-corrected chi connectivity index (χ2v) is 5.78. The topological polar surface area (TPSA) is 60.0 Å². The molecule has 0 saturated carbocycles. The Morgan fingerprint density at radius 2 is 2.00 bits per heavy atom. The normalized spacial score (nSPS) is 21.2. The molecule has 1 aromatic rings. The molecular weight excluding hydrogens is 270 g/mol. The molecule has 0 aliphatic carbocycles. The highest BCUT2D eigenvalue weighted by Gasteiger charge is 2.22. The molecule has 0 aromatic heterocycles. The molecule has 2 heterocycles. The van der Waals surface area contributed by atoms with Crippen molar-refractivity contribution in [1.82, 2.24) is 5.32 Å². The zero-order valence-corrected chi connectivity index (χ0v) is 12.4. The molecule has 2 N–H and O–H groups in total. The van der Waals surface area contributed by atoms with Crippen molar-refractivity contribution in [3.63, 3.8) is 0 Å². The van der Waals surface area contributed by atoms with Gasteiger partial charge >= 0.3 is 0 Å². The van der Waals surface area contributed by atoms with Crippen LogP contribution in [0.3, 0.4) is 0 Å². The lowest BCUT2D eigenvalue weighted by molar-refractivity contribution is 0.0536. The van der Waals surface area contributed by atoms with E-state index in [0.29, 0.717) is 24.3 Å². The Hall–Kier alpha value is -1.30. The first kappa shape index (κ1) is 14.6. The summed E-state index contributed by atoms with van der Waals surface area (Å²) in [7, 11) is 0. The van der Waals surface area contributed by atoms with Gasteiger partial charge in [-0.3, -0.25) is 0 Å². The van der Waals surface area contributed by atoms with Crippen molar-refractivity contribution in [2.24, 2.45) is 5.92 Å². The number of ether oxygens (including phenoxy) is 3. The van der Waals surface area contributed by atoms with Crippen LogP contribution in [-0.4, -0.2) is 37.7 Å². The first-order chi connectivity index (χ1) is 10.2. The van der Waals surface area contributed by atoms with Gasteiger partial charge in [-0.1, -0.05) is 6.07 Å². The third kappa shape index (κ3) is 3.48. The fourth-order valence-corrected chi connectivity index (χ4v) is 2.92. The van der Waals surface area contributed by atoms with E-state index < -0.39 is 6.10 Å². The number of hydrogen-bond donors (Lipinski definition) is 2. The van der Waals surface area contributed by atoms with E-state index in [1.165, 1.54) is 0 Å². The number of benzene rings is 1. The molecule has 1 aromatic carbocycles. The molecule has 1 saturated heterocycles. The highest BCUT2D eigenvalue weighted by atomic mass is 16.7. The molecule has 0 radical (unpaired) electrons. The molecule has 1 fully saturated rings. The Bertz CT molecular complexity index is 473. The molecule has 21 heavy (non-hydrogen) atoms. The average molecular weight is 293 g/mol. The Kier molecular flexibility index (Phi) is 4.63. The second-order valence-electron chi connectivity index (χ2n) is 5.78. The molecule has 116 valence electrons. The Labute approximate surface area is 125 Å². The van der Waals surface area contributed by atoms with E-state index in [-0.39, 0.29) is 6.79 Å². The smallest absolute Gasteiger partial charge is 0.231 e. The molecule has 0 spiro atoms. The molecule has 2 aliphatic rings. The number of hydrogen-bond acceptors (Lipinski definition) is 5. The quantitative estimate of drug-likeness (QED) is 0.867. The summed E-state index contributed by atoms with van der Waals surface area (Å²) in [6.45, 7) is 4.68. The lowest BCUT2D eigenvalue weighted by atomic mass is 9.93. The van der Waals surface area contributed by atoms with Gasteiger partial charge in [0, 0.05) is 25.8 Å². The van der Waals surface area contributed by atoms with Crippen LogP contribution in [0.1, 0.15) is 31.4 Å². The summed E-state index contributed by atoms with van der Waals surface area (Å²) >= 11 is 0. The van der Waals surface area contributed by atoms with E-state index in [9.17, 15) is 5.11 Å². The number of aliphatic hydroxyl groups is 1. The minimum Gasteiger partial charge on any atom is -0.454 e. The third-order valence-electron chi connectivity index (χ3n) is 4.39. The van der Waals surface area contributed by atoms with E-state index in [0.717, 1.165) is 37.4 Å². The van der Waals surface area contributed by atoms with Crippen LogP contribution in [0.4, 0.5) is 0 Å². The summed E-state index contributed by atoms with van der Waals surface area (Å²) in [6.07, 6.45) is 1.64. The van der Waals surface area contributed by atoms with Crippen molar-refractivity contribution in [2.75, 3.05) is 26.6 Å². The van der Waals surface area contributed by atoms with Gasteiger partial charge in [0.25, 0.3) is 0 Å². The molecule has 2 aliphatic heterocycles. The van der Waals surface area contributed by atoms with Crippen molar-refractivity contribution in [3.05, 3.63) is 23.8 Å². The van der Waals surface area contributed by atoms with E-state index in [4.69, 9.17) is 14.2 Å². The van der Waals surface area contributed by atoms with Gasteiger partial charge in [-0.05, 0) is 43.4 Å². The Morgan fingerprint density at radius 1 is 1.24 bits per heavy atom. The van der Waals surface area contributed by atoms with Crippen LogP contribution in [0.2, 0.25) is 0 Å². The first-order valence-electron chi connectivity index (χ1n) is 7.63. The highest BCUT2D eigenvalue weighted by molar-refractivity contribution is 5.45. The number of nitrogens with one attached hydrogen (secondary N) is 1. The minimum atomic E-state index is -0.540. The van der Waals surface area contributed by atoms with E-state index >= 15 is 0 Å². The van der Waals surface area contributed by atoms with Crippen molar-refractivity contribution in [3.8, 4) is 11.5 Å². The van der Waals surface area contributed by atoms with Gasteiger partial charge in [0.2, 0.25) is 6.79 Å². The number of fused-ring (bicyclic) bond motifs is 1. The summed E-state index contributed by atoms with van der Waals surface area (Å²) in [5, 5.41) is 13.8. The molecular formula is C16H23NO4. The maximum atomic E-state index is 10.3. The van der Waals surface area contributed by atoms with Gasteiger partial charge in [-0.15, -0.1) is 0 Å². The summed E-state index contributed by atoms with van der Waals surface area (Å²) in [4.78, 5) is 0. The van der Waals surface area contributed by atoms with Gasteiger partial charge in [0.05, 0.1) is 6.10 Å². The van der Waals surface area contributed by atoms with Crippen LogP contribution in [0.15, 0.2) is 18.2 Å². The predicted octanol–water partition coefficient (Wildman–Crippen LogP) is 1.85. The molecule has 0 bridgehead atoms. The average Bonchev–Trinajstić information content (AvgIpc) is 3.00. The van der Waals surface area contributed by atoms with Crippen molar-refractivity contribution in [2.45, 2.75) is 31.9 Å². The van der Waals surface area contributed by atoms with Gasteiger partial charge in [-0.25, -0.2) is 0 Å². The van der Waals surface area contributed by atoms with Crippen LogP contribution in [-0.2, 0) is 4.74 Å². The Balaban J connectivity index is 1.52. The lowest BCUT2D eigenvalue weighted by Gasteiger charge is -2.29. The van der Waals surface area contributed by atoms with E-state index in [1.807, 2.05) is 18.2 Å². The first-order valence-corrected chi connectivity index (χ1v) is 7.63. The maximum Gasteiger partial charge on any atom is 0.231 e. The molecule has 5 nitrogen and oxygen atoms in total. The molecule has 3 rings (SSSR count). The van der Waals surface area contributed by atoms with Gasteiger partial charge < -0.3 is 24.6 Å². The van der Waals surface area contributed by atoms with Gasteiger partial charge in [0.15, 0.2) is 11.5 Å². The van der Waals surface area contributed by atoms with Crippen molar-refractivity contribution in [1.29, 1.82) is 0 Å². The molecule has 5 heteroatoms. The third-order valence-corrected chi connectivity index (χ3v) is 4.39. The van der Waals surface area contributed by atoms with Crippen LogP contribution < -0.4 is 14.8 Å². The maximum absolute atomic E-state index is 10.3. The van der Waals surface area contributed by atoms with Crippen LogP contribution in [0, 0.1) is 5.92 Å². The fraction of sp³-hybridized carbons (Fsp3) is 0.625. The number of aliphatic hydroxyl groups excluding tert-OH is 1. The van der Waals surface area contributed by atoms with Crippen LogP contribution in [0.25, 0.3) is 0 Å². The monoisotopic (exact) mass is 293 g/mol. The second kappa shape index (κ2) is 6.64. The van der Waals surface area contributed by atoms with Gasteiger partial charge in [-0.2, -0.15) is 0 Å². The van der Waals surface area contributed by atoms with Crippen molar-refractivity contribution >= 4 is 0 Å². The SMILES string of the molecule is CC(NCC(O)c1ccc2c(c1)OCO2)C1CCOCC1. The Morgan fingerprint density at radius 3 is 2.81 bits per heavy atom. The molecule has 2 unspecified atom stereocenters. The highest BCUT2D eigenvalue weighted by Crippen LogP contribution is 2.34. The largest absolute Gasteiger partial charge is 0.454 e. The van der Waals surface area contributed by atoms with Crippen LogP contribution in [0.5, 0.6) is 11.5 Å². The summed E-state index contributed by atoms with van der Waals surface area (Å²) in [6, 6.07) is 5.98. The summed E-state index contributed by atoms with van der Waals surface area (Å²) in [5.74, 6) is 2.08. The molecule has 2 atom stereocenters. The van der Waals surface area contributed by atoms with E-state index in [1.54, 1.807) is 0 Å². The predicted molar refractivity (Wildman–Crippen MR) is 78.5 cm³/mol. The summed E-state index contributed by atoms with van der Waals surface area (Å²) < 4.78 is 16.0.